The molecule has 0 unspecified atom stereocenters. The van der Waals surface area contributed by atoms with Gasteiger partial charge in [-0.05, 0) is 48.6 Å². The second kappa shape index (κ2) is 7.74. The van der Waals surface area contributed by atoms with Gasteiger partial charge in [0.1, 0.15) is 0 Å². The van der Waals surface area contributed by atoms with Gasteiger partial charge in [0.05, 0.1) is 27.7 Å². The Morgan fingerprint density at radius 3 is 2.61 bits per heavy atom. The highest BCUT2D eigenvalue weighted by molar-refractivity contribution is 7.13. The summed E-state index contributed by atoms with van der Waals surface area (Å²) in [5.74, 6) is -0.122. The summed E-state index contributed by atoms with van der Waals surface area (Å²) in [6, 6.07) is 19.4. The van der Waals surface area contributed by atoms with E-state index in [1.807, 2.05) is 79.9 Å². The highest BCUT2D eigenvalue weighted by Crippen LogP contribution is 2.32. The highest BCUT2D eigenvalue weighted by Gasteiger charge is 2.18. The van der Waals surface area contributed by atoms with Crippen molar-refractivity contribution in [2.24, 2.45) is 0 Å². The van der Waals surface area contributed by atoms with Gasteiger partial charge in [0.15, 0.2) is 0 Å². The molecule has 2 aromatic heterocycles. The van der Waals surface area contributed by atoms with E-state index in [1.54, 1.807) is 11.3 Å². The number of thiophene rings is 1. The third kappa shape index (κ3) is 3.53. The first kappa shape index (κ1) is 18.7. The Labute approximate surface area is 173 Å². The monoisotopic (exact) mass is 406 g/mol. The first-order valence-corrected chi connectivity index (χ1v) is 10.3. The molecule has 2 heterocycles. The Hall–Kier alpha value is -2.69. The number of rotatable bonds is 4. The van der Waals surface area contributed by atoms with E-state index in [-0.39, 0.29) is 11.9 Å². The summed E-state index contributed by atoms with van der Waals surface area (Å²) < 4.78 is 0. The van der Waals surface area contributed by atoms with E-state index < -0.39 is 0 Å². The average Bonchev–Trinajstić information content (AvgIpc) is 3.25. The van der Waals surface area contributed by atoms with Gasteiger partial charge in [-0.3, -0.25) is 4.79 Å². The Morgan fingerprint density at radius 1 is 1.11 bits per heavy atom. The van der Waals surface area contributed by atoms with Gasteiger partial charge in [0, 0.05) is 10.4 Å². The van der Waals surface area contributed by atoms with Gasteiger partial charge in [-0.1, -0.05) is 54.1 Å². The zero-order chi connectivity index (χ0) is 19.7. The lowest BCUT2D eigenvalue weighted by Gasteiger charge is -2.16. The Balaban J connectivity index is 1.81. The van der Waals surface area contributed by atoms with Gasteiger partial charge >= 0.3 is 0 Å². The minimum atomic E-state index is -0.122. The predicted molar refractivity (Wildman–Crippen MR) is 117 cm³/mol. The highest BCUT2D eigenvalue weighted by atomic mass is 35.5. The number of fused-ring (bicyclic) bond motifs is 1. The fraction of sp³-hybridized carbons (Fsp3) is 0.130. The summed E-state index contributed by atoms with van der Waals surface area (Å²) in [4.78, 5) is 19.0. The molecular formula is C23H19ClN2OS. The number of nitrogens with zero attached hydrogens (tertiary/aromatic N) is 1. The van der Waals surface area contributed by atoms with E-state index in [9.17, 15) is 4.79 Å². The topological polar surface area (TPSA) is 42.0 Å². The number of pyridine rings is 1. The van der Waals surface area contributed by atoms with Gasteiger partial charge in [-0.25, -0.2) is 4.98 Å². The number of carbonyl (C=O) groups is 1. The van der Waals surface area contributed by atoms with Crippen LogP contribution in [0.15, 0.2) is 66.0 Å². The summed E-state index contributed by atoms with van der Waals surface area (Å²) in [6.45, 7) is 3.92. The molecule has 5 heteroatoms. The van der Waals surface area contributed by atoms with Crippen molar-refractivity contribution in [2.75, 3.05) is 0 Å². The number of amides is 1. The summed E-state index contributed by atoms with van der Waals surface area (Å²) in [5.41, 5.74) is 4.09. The number of halogens is 1. The van der Waals surface area contributed by atoms with Crippen LogP contribution in [-0.2, 0) is 0 Å². The van der Waals surface area contributed by atoms with E-state index in [1.165, 1.54) is 0 Å². The van der Waals surface area contributed by atoms with Crippen molar-refractivity contribution in [1.29, 1.82) is 0 Å². The van der Waals surface area contributed by atoms with Crippen LogP contribution in [0.1, 0.15) is 34.5 Å². The zero-order valence-electron chi connectivity index (χ0n) is 15.6. The summed E-state index contributed by atoms with van der Waals surface area (Å²) in [5, 5.41) is 6.57. The molecule has 140 valence electrons. The lowest BCUT2D eigenvalue weighted by Crippen LogP contribution is -2.27. The van der Waals surface area contributed by atoms with Gasteiger partial charge in [-0.15, -0.1) is 11.3 Å². The van der Waals surface area contributed by atoms with Crippen LogP contribution < -0.4 is 5.32 Å². The maximum atomic E-state index is 13.2. The molecule has 3 nitrogen and oxygen atoms in total. The molecule has 0 aliphatic carbocycles. The number of aromatic nitrogens is 1. The zero-order valence-corrected chi connectivity index (χ0v) is 17.1. The Kier molecular flexibility index (Phi) is 5.16. The molecule has 0 aliphatic rings. The second-order valence-electron chi connectivity index (χ2n) is 6.71. The molecular weight excluding hydrogens is 388 g/mol. The fourth-order valence-corrected chi connectivity index (χ4v) is 4.08. The molecule has 0 aliphatic heterocycles. The molecule has 0 spiro atoms. The third-order valence-corrected chi connectivity index (χ3v) is 6.14. The largest absolute Gasteiger partial charge is 0.345 e. The van der Waals surface area contributed by atoms with Crippen LogP contribution in [-0.4, -0.2) is 10.9 Å². The van der Waals surface area contributed by atoms with Crippen LogP contribution in [0.3, 0.4) is 0 Å². The minimum absolute atomic E-state index is 0.101. The van der Waals surface area contributed by atoms with Gasteiger partial charge < -0.3 is 5.32 Å². The van der Waals surface area contributed by atoms with Crippen LogP contribution in [0.4, 0.5) is 0 Å². The third-order valence-electron chi connectivity index (χ3n) is 4.83. The molecule has 0 radical (unpaired) electrons. The van der Waals surface area contributed by atoms with E-state index in [4.69, 9.17) is 16.6 Å². The SMILES string of the molecule is Cc1c(Cl)ccc2c(C(=O)N[C@H](C)c3ccccc3)cc(-c3cccs3)nc12. The van der Waals surface area contributed by atoms with Crippen LogP contribution >= 0.6 is 22.9 Å². The van der Waals surface area contributed by atoms with Crippen molar-refractivity contribution < 1.29 is 4.79 Å². The predicted octanol–water partition coefficient (Wildman–Crippen LogP) is 6.42. The Morgan fingerprint density at radius 2 is 1.89 bits per heavy atom. The van der Waals surface area contributed by atoms with E-state index in [0.717, 1.165) is 32.6 Å². The smallest absolute Gasteiger partial charge is 0.252 e. The average molecular weight is 407 g/mol. The molecule has 0 saturated heterocycles. The molecule has 1 N–H and O–H groups in total. The maximum absolute atomic E-state index is 13.2. The molecule has 0 fully saturated rings. The van der Waals surface area contributed by atoms with Gasteiger partial charge in [0.2, 0.25) is 0 Å². The molecule has 4 aromatic rings. The van der Waals surface area contributed by atoms with Crippen molar-refractivity contribution in [3.05, 3.63) is 87.8 Å². The second-order valence-corrected chi connectivity index (χ2v) is 8.06. The summed E-state index contributed by atoms with van der Waals surface area (Å²) in [6.07, 6.45) is 0. The number of hydrogen-bond donors (Lipinski definition) is 1. The molecule has 0 bridgehead atoms. The normalized spacial score (nSPS) is 12.1. The van der Waals surface area contributed by atoms with Crippen LogP contribution in [0.25, 0.3) is 21.5 Å². The van der Waals surface area contributed by atoms with Crippen LogP contribution in [0, 0.1) is 6.92 Å². The lowest BCUT2D eigenvalue weighted by molar-refractivity contribution is 0.0941. The van der Waals surface area contributed by atoms with E-state index in [2.05, 4.69) is 5.32 Å². The van der Waals surface area contributed by atoms with Gasteiger partial charge in [-0.2, -0.15) is 0 Å². The van der Waals surface area contributed by atoms with Crippen molar-refractivity contribution in [3.8, 4) is 10.6 Å². The number of benzene rings is 2. The van der Waals surface area contributed by atoms with E-state index >= 15 is 0 Å². The molecule has 28 heavy (non-hydrogen) atoms. The number of nitrogens with one attached hydrogen (secondary N) is 1. The minimum Gasteiger partial charge on any atom is -0.345 e. The van der Waals surface area contributed by atoms with E-state index in [0.29, 0.717) is 10.6 Å². The van der Waals surface area contributed by atoms with Crippen LogP contribution in [0.2, 0.25) is 5.02 Å². The molecule has 0 saturated carbocycles. The molecule has 1 amide bonds. The first-order chi connectivity index (χ1) is 13.5. The molecule has 2 aromatic carbocycles. The van der Waals surface area contributed by atoms with Crippen molar-refractivity contribution in [2.45, 2.75) is 19.9 Å². The fourth-order valence-electron chi connectivity index (χ4n) is 3.24. The van der Waals surface area contributed by atoms with Gasteiger partial charge in [0.25, 0.3) is 5.91 Å². The van der Waals surface area contributed by atoms with Crippen molar-refractivity contribution in [1.82, 2.24) is 10.3 Å². The molecule has 4 rings (SSSR count). The molecule has 1 atom stereocenters. The standard InChI is InChI=1S/C23H19ClN2OS/c1-14-19(24)11-10-17-18(13-20(26-22(14)17)21-9-6-12-28-21)23(27)25-15(2)16-7-4-3-5-8-16/h3-13,15H,1-2H3,(H,25,27)/t15-/m1/s1. The number of carbonyl (C=O) groups excluding carboxylic acids is 1. The maximum Gasteiger partial charge on any atom is 0.252 e. The van der Waals surface area contributed by atoms with Crippen LogP contribution in [0.5, 0.6) is 0 Å². The first-order valence-electron chi connectivity index (χ1n) is 9.04. The van der Waals surface area contributed by atoms with Crippen molar-refractivity contribution >= 4 is 39.7 Å². The lowest BCUT2D eigenvalue weighted by atomic mass is 10.0. The Bertz CT molecular complexity index is 1140. The number of hydrogen-bond acceptors (Lipinski definition) is 3. The van der Waals surface area contributed by atoms with Crippen molar-refractivity contribution in [3.63, 3.8) is 0 Å². The summed E-state index contributed by atoms with van der Waals surface area (Å²) >= 11 is 7.92. The quantitative estimate of drug-likeness (QED) is 0.425. The summed E-state index contributed by atoms with van der Waals surface area (Å²) in [7, 11) is 0. The number of aryl methyl sites for hydroxylation is 1.